The normalized spacial score (nSPS) is 24.6. The Balaban J connectivity index is 2.44. The Morgan fingerprint density at radius 1 is 1.25 bits per heavy atom. The number of nitrogens with one attached hydrogen (secondary N) is 1. The summed E-state index contributed by atoms with van der Waals surface area (Å²) in [6, 6.07) is 7.74. The lowest BCUT2D eigenvalue weighted by Gasteiger charge is -2.14. The van der Waals surface area contributed by atoms with Gasteiger partial charge in [-0.3, -0.25) is 14.9 Å². The molecule has 1 heterocycles. The van der Waals surface area contributed by atoms with Crippen molar-refractivity contribution >= 4 is 27.7 Å². The number of hydrogen-bond donors (Lipinski definition) is 1. The van der Waals surface area contributed by atoms with E-state index in [9.17, 15) is 9.59 Å². The molecule has 0 aromatic heterocycles. The molecule has 4 heteroatoms. The van der Waals surface area contributed by atoms with Crippen LogP contribution in [0.1, 0.15) is 24.0 Å². The third-order valence-corrected chi connectivity index (χ3v) is 3.79. The second-order valence-corrected chi connectivity index (χ2v) is 4.77. The van der Waals surface area contributed by atoms with Gasteiger partial charge in [-0.25, -0.2) is 0 Å². The molecule has 2 amide bonds. The highest BCUT2D eigenvalue weighted by atomic mass is 79.9. The van der Waals surface area contributed by atoms with Crippen LogP contribution in [0, 0.1) is 0 Å². The number of aryl methyl sites for hydroxylation is 1. The second-order valence-electron chi connectivity index (χ2n) is 3.79. The summed E-state index contributed by atoms with van der Waals surface area (Å²) in [5, 5.41) is 2.34. The third kappa shape index (κ3) is 1.78. The van der Waals surface area contributed by atoms with Crippen LogP contribution in [0.2, 0.25) is 0 Å². The lowest BCUT2D eigenvalue weighted by molar-refractivity contribution is -0.125. The van der Waals surface area contributed by atoms with Crippen molar-refractivity contribution in [2.24, 2.45) is 0 Å². The van der Waals surface area contributed by atoms with Crippen LogP contribution in [-0.2, 0) is 16.0 Å². The van der Waals surface area contributed by atoms with Crippen molar-refractivity contribution in [3.63, 3.8) is 0 Å². The molecule has 84 valence electrons. The zero-order valence-corrected chi connectivity index (χ0v) is 10.5. The molecular formula is C12H12BrNO2. The van der Waals surface area contributed by atoms with Gasteiger partial charge in [0.1, 0.15) is 4.83 Å². The van der Waals surface area contributed by atoms with Crippen molar-refractivity contribution in [1.82, 2.24) is 5.32 Å². The molecule has 0 radical (unpaired) electrons. The molecule has 2 rings (SSSR count). The van der Waals surface area contributed by atoms with Crippen molar-refractivity contribution in [3.8, 4) is 0 Å². The van der Waals surface area contributed by atoms with Crippen LogP contribution in [0.5, 0.6) is 0 Å². The topological polar surface area (TPSA) is 46.2 Å². The summed E-state index contributed by atoms with van der Waals surface area (Å²) in [5.74, 6) is -0.864. The van der Waals surface area contributed by atoms with Crippen LogP contribution in [0.25, 0.3) is 0 Å². The largest absolute Gasteiger partial charge is 0.295 e. The highest BCUT2D eigenvalue weighted by molar-refractivity contribution is 9.10. The Morgan fingerprint density at radius 2 is 1.94 bits per heavy atom. The summed E-state index contributed by atoms with van der Waals surface area (Å²) in [6.45, 7) is 2.04. The van der Waals surface area contributed by atoms with Gasteiger partial charge < -0.3 is 0 Å². The Labute approximate surface area is 102 Å². The summed E-state index contributed by atoms with van der Waals surface area (Å²) in [5.41, 5.74) is 2.05. The Bertz CT molecular complexity index is 444. The zero-order valence-electron chi connectivity index (χ0n) is 8.87. The number of benzene rings is 1. The number of carbonyl (C=O) groups excluding carboxylic acids is 2. The molecule has 1 fully saturated rings. The molecule has 3 nitrogen and oxygen atoms in total. The first-order valence-corrected chi connectivity index (χ1v) is 6.13. The number of hydrogen-bond acceptors (Lipinski definition) is 2. The van der Waals surface area contributed by atoms with Crippen LogP contribution in [0.4, 0.5) is 0 Å². The summed E-state index contributed by atoms with van der Waals surface area (Å²) < 4.78 is 0. The number of alkyl halides is 1. The molecule has 1 aliphatic heterocycles. The quantitative estimate of drug-likeness (QED) is 0.663. The lowest BCUT2D eigenvalue weighted by Crippen LogP contribution is -2.22. The average molecular weight is 282 g/mol. The van der Waals surface area contributed by atoms with E-state index in [0.717, 1.165) is 17.5 Å². The molecule has 16 heavy (non-hydrogen) atoms. The standard InChI is InChI=1S/C12H12BrNO2/c1-2-7-5-3-4-6-8(7)9-10(13)12(16)14-11(9)15/h3-6,9-10H,2H2,1H3,(H,14,15,16). The monoisotopic (exact) mass is 281 g/mol. The molecular weight excluding hydrogens is 270 g/mol. The summed E-state index contributed by atoms with van der Waals surface area (Å²) in [7, 11) is 0. The number of halogens is 1. The maximum atomic E-state index is 11.7. The van der Waals surface area contributed by atoms with Crippen LogP contribution in [0.15, 0.2) is 24.3 Å². The van der Waals surface area contributed by atoms with E-state index in [0.29, 0.717) is 0 Å². The van der Waals surface area contributed by atoms with Gasteiger partial charge in [-0.05, 0) is 17.5 Å². The molecule has 1 N–H and O–H groups in total. The summed E-state index contributed by atoms with van der Waals surface area (Å²) >= 11 is 3.28. The fourth-order valence-electron chi connectivity index (χ4n) is 2.01. The number of amides is 2. The van der Waals surface area contributed by atoms with Gasteiger partial charge in [0, 0.05) is 0 Å². The highest BCUT2D eigenvalue weighted by Gasteiger charge is 2.41. The predicted octanol–water partition coefficient (Wildman–Crippen LogP) is 1.75. The van der Waals surface area contributed by atoms with E-state index in [1.54, 1.807) is 0 Å². The van der Waals surface area contributed by atoms with Crippen LogP contribution >= 0.6 is 15.9 Å². The first-order chi connectivity index (χ1) is 7.65. The van der Waals surface area contributed by atoms with Crippen LogP contribution in [-0.4, -0.2) is 16.6 Å². The average Bonchev–Trinajstić information content (AvgIpc) is 2.53. The fraction of sp³-hybridized carbons (Fsp3) is 0.333. The van der Waals surface area contributed by atoms with Gasteiger partial charge in [0.2, 0.25) is 11.8 Å². The fourth-order valence-corrected chi connectivity index (χ4v) is 2.65. The molecule has 1 aromatic carbocycles. The van der Waals surface area contributed by atoms with Gasteiger partial charge in [0.15, 0.2) is 0 Å². The molecule has 0 saturated carbocycles. The summed E-state index contributed by atoms with van der Waals surface area (Å²) in [4.78, 5) is 22.6. The minimum absolute atomic E-state index is 0.215. The molecule has 0 aliphatic carbocycles. The van der Waals surface area contributed by atoms with Crippen molar-refractivity contribution in [3.05, 3.63) is 35.4 Å². The molecule has 2 atom stereocenters. The maximum absolute atomic E-state index is 11.7. The number of rotatable bonds is 2. The van der Waals surface area contributed by atoms with Crippen LogP contribution < -0.4 is 5.32 Å². The van der Waals surface area contributed by atoms with Gasteiger partial charge >= 0.3 is 0 Å². The Morgan fingerprint density at radius 3 is 2.50 bits per heavy atom. The molecule has 1 aromatic rings. The SMILES string of the molecule is CCc1ccccc1C1C(=O)NC(=O)C1Br. The minimum atomic E-state index is -0.451. The lowest BCUT2D eigenvalue weighted by atomic mass is 9.92. The van der Waals surface area contributed by atoms with E-state index in [2.05, 4.69) is 21.2 Å². The van der Waals surface area contributed by atoms with Crippen molar-refractivity contribution in [1.29, 1.82) is 0 Å². The smallest absolute Gasteiger partial charge is 0.241 e. The Kier molecular flexibility index (Phi) is 3.10. The predicted molar refractivity (Wildman–Crippen MR) is 64.4 cm³/mol. The van der Waals surface area contributed by atoms with Crippen LogP contribution in [0.3, 0.4) is 0 Å². The zero-order chi connectivity index (χ0) is 11.7. The van der Waals surface area contributed by atoms with Gasteiger partial charge in [-0.1, -0.05) is 47.1 Å². The van der Waals surface area contributed by atoms with Gasteiger partial charge in [0.05, 0.1) is 5.92 Å². The van der Waals surface area contributed by atoms with Crippen molar-refractivity contribution in [2.75, 3.05) is 0 Å². The molecule has 0 bridgehead atoms. The van der Waals surface area contributed by atoms with E-state index >= 15 is 0 Å². The summed E-state index contributed by atoms with van der Waals surface area (Å²) in [6.07, 6.45) is 0.855. The molecule has 1 aliphatic rings. The van der Waals surface area contributed by atoms with Gasteiger partial charge in [-0.2, -0.15) is 0 Å². The van der Waals surface area contributed by atoms with E-state index < -0.39 is 10.7 Å². The number of carbonyl (C=O) groups is 2. The first-order valence-electron chi connectivity index (χ1n) is 5.21. The molecule has 0 spiro atoms. The molecule has 2 unspecified atom stereocenters. The van der Waals surface area contributed by atoms with E-state index in [-0.39, 0.29) is 11.8 Å². The Hall–Kier alpha value is -1.16. The highest BCUT2D eigenvalue weighted by Crippen LogP contribution is 2.32. The van der Waals surface area contributed by atoms with E-state index in [1.807, 2.05) is 31.2 Å². The third-order valence-electron chi connectivity index (χ3n) is 2.84. The molecule has 1 saturated heterocycles. The van der Waals surface area contributed by atoms with E-state index in [1.165, 1.54) is 0 Å². The van der Waals surface area contributed by atoms with Gasteiger partial charge in [0.25, 0.3) is 0 Å². The maximum Gasteiger partial charge on any atom is 0.241 e. The van der Waals surface area contributed by atoms with Crippen molar-refractivity contribution < 1.29 is 9.59 Å². The minimum Gasteiger partial charge on any atom is -0.295 e. The van der Waals surface area contributed by atoms with Crippen molar-refractivity contribution in [2.45, 2.75) is 24.1 Å². The van der Waals surface area contributed by atoms with Gasteiger partial charge in [-0.15, -0.1) is 0 Å². The second kappa shape index (κ2) is 4.37. The van der Waals surface area contributed by atoms with E-state index in [4.69, 9.17) is 0 Å². The first kappa shape index (κ1) is 11.3. The number of imide groups is 1.